The van der Waals surface area contributed by atoms with Gasteiger partial charge in [0, 0.05) is 24.3 Å². The van der Waals surface area contributed by atoms with Crippen LogP contribution < -0.4 is 0 Å². The van der Waals surface area contributed by atoms with Gasteiger partial charge in [0.1, 0.15) is 9.79 Å². The van der Waals surface area contributed by atoms with Gasteiger partial charge in [-0.1, -0.05) is 128 Å². The van der Waals surface area contributed by atoms with E-state index in [0.29, 0.717) is 6.54 Å². The van der Waals surface area contributed by atoms with Crippen LogP contribution in [-0.2, 0) is 19.1 Å². The summed E-state index contributed by atoms with van der Waals surface area (Å²) in [5.41, 5.74) is -0.925. The van der Waals surface area contributed by atoms with Gasteiger partial charge >= 0.3 is 17.9 Å². The van der Waals surface area contributed by atoms with Crippen LogP contribution >= 0.6 is 80.3 Å². The van der Waals surface area contributed by atoms with E-state index in [9.17, 15) is 36.3 Å². The maximum atomic E-state index is 12.7. The van der Waals surface area contributed by atoms with Gasteiger partial charge in [-0.25, -0.2) is 35.5 Å². The fourth-order valence-corrected chi connectivity index (χ4v) is 8.85. The first-order chi connectivity index (χ1) is 24.1. The van der Waals surface area contributed by atoms with Crippen LogP contribution in [0, 0.1) is 0 Å². The second kappa shape index (κ2) is 22.4. The van der Waals surface area contributed by atoms with Crippen molar-refractivity contribution < 1.29 is 46.5 Å². The molecule has 52 heavy (non-hydrogen) atoms. The Hall–Kier alpha value is -2.04. The average Bonchev–Trinajstić information content (AvgIpc) is 3.01. The van der Waals surface area contributed by atoms with Crippen LogP contribution in [-0.4, -0.2) is 68.0 Å². The van der Waals surface area contributed by atoms with Gasteiger partial charge in [0.2, 0.25) is 10.0 Å². The second-order valence-electron chi connectivity index (χ2n) is 10.7. The number of carboxylic acids is 3. The molecule has 3 aromatic rings. The lowest BCUT2D eigenvalue weighted by Gasteiger charge is -2.19. The van der Waals surface area contributed by atoms with E-state index in [0.717, 1.165) is 31.4 Å². The lowest BCUT2D eigenvalue weighted by atomic mass is 10.1. The lowest BCUT2D eigenvalue weighted by molar-refractivity contribution is 0.0686. The number of benzene rings is 3. The van der Waals surface area contributed by atoms with Crippen molar-refractivity contribution in [3.8, 4) is 0 Å². The number of rotatable bonds is 15. The van der Waals surface area contributed by atoms with E-state index in [-0.39, 0.29) is 35.6 Å². The highest BCUT2D eigenvalue weighted by molar-refractivity contribution is 8.13. The van der Waals surface area contributed by atoms with Crippen LogP contribution in [0.1, 0.15) is 89.4 Å². The van der Waals surface area contributed by atoms with E-state index in [4.69, 9.17) is 90.5 Å². The Bertz CT molecular complexity index is 1940. The molecule has 0 aliphatic heterocycles. The van der Waals surface area contributed by atoms with Gasteiger partial charge in [-0.3, -0.25) is 0 Å². The molecule has 0 aliphatic rings. The maximum absolute atomic E-state index is 12.7. The third-order valence-electron chi connectivity index (χ3n) is 6.99. The summed E-state index contributed by atoms with van der Waals surface area (Å²) >= 11 is 34.1. The molecule has 20 heteroatoms. The zero-order chi connectivity index (χ0) is 40.0. The Balaban J connectivity index is 0.000000435. The number of nitrogens with zero attached hydrogens (tertiary/aromatic N) is 1. The third-order valence-corrected chi connectivity index (χ3v) is 12.5. The summed E-state index contributed by atoms with van der Waals surface area (Å²) in [5, 5.41) is 25.7. The molecular weight excluding hydrogens is 871 g/mol. The van der Waals surface area contributed by atoms with Crippen molar-refractivity contribution in [1.82, 2.24) is 4.31 Å². The molecule has 0 unspecified atom stereocenters. The molecule has 0 radical (unpaired) electrons. The minimum atomic E-state index is -4.09. The fraction of sp³-hybridized carbons (Fsp3) is 0.344. The molecule has 0 amide bonds. The molecule has 3 aromatic carbocycles. The van der Waals surface area contributed by atoms with E-state index < -0.39 is 58.0 Å². The Labute approximate surface area is 336 Å². The Kier molecular flexibility index (Phi) is 20.6. The molecule has 0 saturated heterocycles. The number of carbonyl (C=O) groups is 3. The van der Waals surface area contributed by atoms with Gasteiger partial charge in [0.15, 0.2) is 0 Å². The Morgan fingerprint density at radius 3 is 1.33 bits per heavy atom. The highest BCUT2D eigenvalue weighted by Crippen LogP contribution is 2.34. The molecule has 0 atom stereocenters. The van der Waals surface area contributed by atoms with Crippen molar-refractivity contribution in [2.24, 2.45) is 0 Å². The molecular formula is C32H34Cl7NO10S2. The molecule has 0 spiro atoms. The highest BCUT2D eigenvalue weighted by atomic mass is 35.7. The van der Waals surface area contributed by atoms with Crippen LogP contribution in [0.5, 0.6) is 0 Å². The minimum absolute atomic E-state index is 0.0455. The SMILES string of the molecule is CCCCCCCCCCN(C)S(=O)(=O)c1ccc(Cl)c(C(=O)O)c1Cl.O=C(O)c1c(Cl)ccc(S(=O)(=O)Cl)c1Cl.O=C(O)c1c(Cl)cccc1Cl. The van der Waals surface area contributed by atoms with E-state index in [1.54, 1.807) is 6.07 Å². The number of unbranched alkanes of at least 4 members (excludes halogenated alkanes) is 7. The number of halogens is 7. The molecule has 0 aliphatic carbocycles. The van der Waals surface area contributed by atoms with Crippen molar-refractivity contribution in [2.45, 2.75) is 68.1 Å². The summed E-state index contributed by atoms with van der Waals surface area (Å²) in [6.45, 7) is 2.54. The molecule has 0 bridgehead atoms. The average molecular weight is 905 g/mol. The van der Waals surface area contributed by atoms with Crippen LogP contribution in [0.2, 0.25) is 30.1 Å². The van der Waals surface area contributed by atoms with Gasteiger partial charge in [-0.15, -0.1) is 0 Å². The smallest absolute Gasteiger partial charge is 0.338 e. The molecule has 3 rings (SSSR count). The summed E-state index contributed by atoms with van der Waals surface area (Å²) < 4.78 is 48.5. The molecule has 3 N–H and O–H groups in total. The summed E-state index contributed by atoms with van der Waals surface area (Å²) in [6, 6.07) is 9.20. The maximum Gasteiger partial charge on any atom is 0.338 e. The van der Waals surface area contributed by atoms with Gasteiger partial charge in [0.05, 0.1) is 46.8 Å². The third kappa shape index (κ3) is 14.3. The van der Waals surface area contributed by atoms with Crippen molar-refractivity contribution in [2.75, 3.05) is 13.6 Å². The zero-order valence-corrected chi connectivity index (χ0v) is 34.4. The van der Waals surface area contributed by atoms with Crippen molar-refractivity contribution in [3.05, 3.63) is 89.3 Å². The molecule has 0 heterocycles. The zero-order valence-electron chi connectivity index (χ0n) is 27.5. The van der Waals surface area contributed by atoms with Crippen LogP contribution in [0.4, 0.5) is 0 Å². The monoisotopic (exact) mass is 901 g/mol. The summed E-state index contributed by atoms with van der Waals surface area (Å²) in [6.07, 6.45) is 8.93. The summed E-state index contributed by atoms with van der Waals surface area (Å²) in [7, 11) is -1.44. The van der Waals surface area contributed by atoms with E-state index in [2.05, 4.69) is 6.92 Å². The second-order valence-corrected chi connectivity index (χ2v) is 17.7. The number of hydrogen-bond donors (Lipinski definition) is 3. The first kappa shape index (κ1) is 48.0. The number of carboxylic acid groups (broad SMARTS) is 3. The Morgan fingerprint density at radius 1 is 0.577 bits per heavy atom. The van der Waals surface area contributed by atoms with Crippen molar-refractivity contribution in [3.63, 3.8) is 0 Å². The first-order valence-electron chi connectivity index (χ1n) is 15.1. The lowest BCUT2D eigenvalue weighted by Crippen LogP contribution is -2.28. The van der Waals surface area contributed by atoms with Gasteiger partial charge < -0.3 is 15.3 Å². The molecule has 0 saturated carbocycles. The fourth-order valence-electron chi connectivity index (χ4n) is 4.30. The summed E-state index contributed by atoms with van der Waals surface area (Å²) in [5.74, 6) is -3.89. The van der Waals surface area contributed by atoms with Crippen molar-refractivity contribution in [1.29, 1.82) is 0 Å². The number of sulfonamides is 1. The Morgan fingerprint density at radius 2 is 0.942 bits per heavy atom. The molecule has 0 aromatic heterocycles. The topological polar surface area (TPSA) is 183 Å². The van der Waals surface area contributed by atoms with Gasteiger partial charge in [-0.2, -0.15) is 0 Å². The predicted molar refractivity (Wildman–Crippen MR) is 206 cm³/mol. The van der Waals surface area contributed by atoms with Crippen LogP contribution in [0.25, 0.3) is 0 Å². The molecule has 0 fully saturated rings. The van der Waals surface area contributed by atoms with Crippen molar-refractivity contribution >= 4 is 117 Å². The first-order valence-corrected chi connectivity index (χ1v) is 21.1. The predicted octanol–water partition coefficient (Wildman–Crippen LogP) is 10.8. The normalized spacial score (nSPS) is 11.3. The minimum Gasteiger partial charge on any atom is -0.478 e. The van der Waals surface area contributed by atoms with Gasteiger partial charge in [0.25, 0.3) is 9.05 Å². The van der Waals surface area contributed by atoms with Crippen LogP contribution in [0.3, 0.4) is 0 Å². The largest absolute Gasteiger partial charge is 0.478 e. The van der Waals surface area contributed by atoms with E-state index in [1.807, 2.05) is 0 Å². The van der Waals surface area contributed by atoms with Gasteiger partial charge in [-0.05, 0) is 42.8 Å². The quantitative estimate of drug-likeness (QED) is 0.0980. The highest BCUT2D eigenvalue weighted by Gasteiger charge is 2.28. The van der Waals surface area contributed by atoms with E-state index in [1.165, 1.54) is 67.7 Å². The summed E-state index contributed by atoms with van der Waals surface area (Å²) in [4.78, 5) is 31.7. The number of hydrogen-bond acceptors (Lipinski definition) is 7. The number of aromatic carboxylic acids is 3. The standard InChI is InChI=1S/C18H27Cl2NO4S.C7H3Cl3O4S.C7H4Cl2O2/c1-3-4-5-6-7-8-9-10-13-21(2)26(24,25)15-12-11-14(19)16(17(15)20)18(22)23;8-3-1-2-4(15(10,13)14)6(9)5(3)7(11)12;8-4-2-1-3-5(9)6(4)7(10)11/h11-12H,3-10,13H2,1-2H3,(H,22,23);1-2H,(H,11,12);1-3H,(H,10,11). The van der Waals surface area contributed by atoms with Crippen LogP contribution in [0.15, 0.2) is 52.3 Å². The molecule has 288 valence electrons. The van der Waals surface area contributed by atoms with E-state index >= 15 is 0 Å². The molecule has 11 nitrogen and oxygen atoms in total.